The molecule has 7 heteroatoms. The second-order valence-corrected chi connectivity index (χ2v) is 5.06. The van der Waals surface area contributed by atoms with E-state index in [1.54, 1.807) is 12.1 Å². The molecule has 3 atom stereocenters. The van der Waals surface area contributed by atoms with Crippen molar-refractivity contribution in [2.24, 2.45) is 17.4 Å². The predicted molar refractivity (Wildman–Crippen MR) is 82.5 cm³/mol. The Kier molecular flexibility index (Phi) is 8.81. The fourth-order valence-electron chi connectivity index (χ4n) is 1.47. The maximum absolute atomic E-state index is 10.4. The summed E-state index contributed by atoms with van der Waals surface area (Å²) in [5.74, 6) is -1.70. The van der Waals surface area contributed by atoms with Crippen molar-refractivity contribution in [3.63, 3.8) is 0 Å². The molecule has 0 saturated carbocycles. The molecule has 1 aromatic rings. The van der Waals surface area contributed by atoms with Gasteiger partial charge in [0.2, 0.25) is 0 Å². The summed E-state index contributed by atoms with van der Waals surface area (Å²) in [4.78, 5) is 20.6. The standard InChI is InChI=1S/C9H11NO3.C6H13NO2/c10-8(9(12)13)5-6-1-3-7(11)4-2-6;1-3-4(2)5(7)6(8)9/h1-4,8,11H,5,10H2,(H,12,13);4-5H,3,7H2,1-2H3,(H,8,9)/t8-;4?,5-/m00/s1. The van der Waals surface area contributed by atoms with Gasteiger partial charge < -0.3 is 26.8 Å². The average molecular weight is 312 g/mol. The molecule has 0 saturated heterocycles. The van der Waals surface area contributed by atoms with E-state index in [9.17, 15) is 9.59 Å². The highest BCUT2D eigenvalue weighted by atomic mass is 16.4. The van der Waals surface area contributed by atoms with E-state index in [1.165, 1.54) is 12.1 Å². The summed E-state index contributed by atoms with van der Waals surface area (Å²) in [6.45, 7) is 3.76. The summed E-state index contributed by atoms with van der Waals surface area (Å²) in [5, 5.41) is 25.8. The monoisotopic (exact) mass is 312 g/mol. The zero-order valence-corrected chi connectivity index (χ0v) is 12.8. The maximum atomic E-state index is 10.4. The number of hydrogen-bond acceptors (Lipinski definition) is 5. The van der Waals surface area contributed by atoms with Crippen molar-refractivity contribution in [3.05, 3.63) is 29.8 Å². The molecule has 0 aromatic heterocycles. The molecule has 0 aliphatic heterocycles. The first kappa shape index (κ1) is 19.9. The van der Waals surface area contributed by atoms with Crippen molar-refractivity contribution in [2.45, 2.75) is 38.8 Å². The van der Waals surface area contributed by atoms with Crippen LogP contribution in [0.25, 0.3) is 0 Å². The lowest BCUT2D eigenvalue weighted by molar-refractivity contribution is -0.140. The number of benzene rings is 1. The smallest absolute Gasteiger partial charge is 0.320 e. The molecule has 0 aliphatic rings. The Bertz CT molecular complexity index is 475. The molecule has 0 bridgehead atoms. The van der Waals surface area contributed by atoms with Crippen LogP contribution < -0.4 is 11.5 Å². The van der Waals surface area contributed by atoms with Crippen molar-refractivity contribution >= 4 is 11.9 Å². The SMILES string of the molecule is CCC(C)[C@H](N)C(=O)O.N[C@@H](Cc1ccc(O)cc1)C(=O)O. The van der Waals surface area contributed by atoms with Gasteiger partial charge in [0, 0.05) is 0 Å². The van der Waals surface area contributed by atoms with Crippen LogP contribution >= 0.6 is 0 Å². The van der Waals surface area contributed by atoms with E-state index in [-0.39, 0.29) is 18.1 Å². The van der Waals surface area contributed by atoms with E-state index < -0.39 is 24.0 Å². The third kappa shape index (κ3) is 7.61. The molecule has 22 heavy (non-hydrogen) atoms. The quantitative estimate of drug-likeness (QED) is 0.521. The second kappa shape index (κ2) is 9.75. The van der Waals surface area contributed by atoms with Crippen LogP contribution in [0, 0.1) is 5.92 Å². The predicted octanol–water partition coefficient (Wildman–Crippen LogP) is 0.791. The van der Waals surface area contributed by atoms with Crippen LogP contribution in [0.2, 0.25) is 0 Å². The van der Waals surface area contributed by atoms with Crippen molar-refractivity contribution < 1.29 is 24.9 Å². The Balaban J connectivity index is 0.000000433. The van der Waals surface area contributed by atoms with Crippen LogP contribution in [-0.2, 0) is 16.0 Å². The minimum absolute atomic E-state index is 0.0718. The Labute approximate surface area is 129 Å². The van der Waals surface area contributed by atoms with Crippen molar-refractivity contribution in [2.75, 3.05) is 0 Å². The first-order chi connectivity index (χ1) is 10.2. The normalized spacial score (nSPS) is 14.2. The minimum Gasteiger partial charge on any atom is -0.508 e. The number of nitrogens with two attached hydrogens (primary N) is 2. The maximum Gasteiger partial charge on any atom is 0.320 e. The van der Waals surface area contributed by atoms with Gasteiger partial charge in [0.05, 0.1) is 0 Å². The summed E-state index contributed by atoms with van der Waals surface area (Å²) in [6, 6.07) is 4.73. The molecule has 0 spiro atoms. The Morgan fingerprint density at radius 3 is 1.91 bits per heavy atom. The molecular formula is C15H24N2O5. The lowest BCUT2D eigenvalue weighted by Crippen LogP contribution is -2.36. The molecule has 1 rings (SSSR count). The van der Waals surface area contributed by atoms with Crippen LogP contribution in [0.4, 0.5) is 0 Å². The van der Waals surface area contributed by atoms with Gasteiger partial charge in [-0.25, -0.2) is 0 Å². The molecule has 0 amide bonds. The van der Waals surface area contributed by atoms with Crippen LogP contribution in [0.3, 0.4) is 0 Å². The van der Waals surface area contributed by atoms with Gasteiger partial charge in [-0.2, -0.15) is 0 Å². The molecule has 1 unspecified atom stereocenters. The number of phenolic OH excluding ortho intramolecular Hbond substituents is 1. The number of hydrogen-bond donors (Lipinski definition) is 5. The van der Waals surface area contributed by atoms with Crippen LogP contribution in [0.5, 0.6) is 5.75 Å². The molecule has 0 fully saturated rings. The molecule has 0 radical (unpaired) electrons. The zero-order valence-electron chi connectivity index (χ0n) is 12.8. The highest BCUT2D eigenvalue weighted by Crippen LogP contribution is 2.10. The van der Waals surface area contributed by atoms with Gasteiger partial charge >= 0.3 is 11.9 Å². The largest absolute Gasteiger partial charge is 0.508 e. The number of carboxylic acids is 2. The van der Waals surface area contributed by atoms with Crippen LogP contribution in [-0.4, -0.2) is 39.3 Å². The summed E-state index contributed by atoms with van der Waals surface area (Å²) in [5.41, 5.74) is 11.4. The molecule has 7 nitrogen and oxygen atoms in total. The first-order valence-electron chi connectivity index (χ1n) is 6.93. The van der Waals surface area contributed by atoms with Gasteiger partial charge in [-0.3, -0.25) is 9.59 Å². The molecule has 124 valence electrons. The van der Waals surface area contributed by atoms with E-state index in [1.807, 2.05) is 13.8 Å². The number of aliphatic carboxylic acids is 2. The molecule has 0 heterocycles. The number of rotatable bonds is 6. The summed E-state index contributed by atoms with van der Waals surface area (Å²) >= 11 is 0. The van der Waals surface area contributed by atoms with E-state index in [0.29, 0.717) is 0 Å². The fourth-order valence-corrected chi connectivity index (χ4v) is 1.47. The Morgan fingerprint density at radius 2 is 1.59 bits per heavy atom. The van der Waals surface area contributed by atoms with Crippen LogP contribution in [0.15, 0.2) is 24.3 Å². The van der Waals surface area contributed by atoms with Gasteiger partial charge in [-0.15, -0.1) is 0 Å². The third-order valence-electron chi connectivity index (χ3n) is 3.25. The van der Waals surface area contributed by atoms with Gasteiger partial charge in [0.15, 0.2) is 0 Å². The molecular weight excluding hydrogens is 288 g/mol. The van der Waals surface area contributed by atoms with Crippen molar-refractivity contribution in [1.29, 1.82) is 0 Å². The van der Waals surface area contributed by atoms with E-state index >= 15 is 0 Å². The number of phenols is 1. The minimum atomic E-state index is -1.02. The highest BCUT2D eigenvalue weighted by molar-refractivity contribution is 5.73. The lowest BCUT2D eigenvalue weighted by Gasteiger charge is -2.11. The van der Waals surface area contributed by atoms with Gasteiger partial charge in [0.1, 0.15) is 17.8 Å². The lowest BCUT2D eigenvalue weighted by atomic mass is 10.0. The molecule has 0 aliphatic carbocycles. The summed E-state index contributed by atoms with van der Waals surface area (Å²) in [7, 11) is 0. The first-order valence-corrected chi connectivity index (χ1v) is 6.93. The third-order valence-corrected chi connectivity index (χ3v) is 3.25. The van der Waals surface area contributed by atoms with Crippen LogP contribution in [0.1, 0.15) is 25.8 Å². The fraction of sp³-hybridized carbons (Fsp3) is 0.467. The second-order valence-electron chi connectivity index (χ2n) is 5.06. The zero-order chi connectivity index (χ0) is 17.3. The van der Waals surface area contributed by atoms with E-state index in [4.69, 9.17) is 26.8 Å². The number of carbonyl (C=O) groups is 2. The molecule has 1 aromatic carbocycles. The highest BCUT2D eigenvalue weighted by Gasteiger charge is 2.17. The summed E-state index contributed by atoms with van der Waals surface area (Å²) in [6.07, 6.45) is 1.09. The molecule has 7 N–H and O–H groups in total. The van der Waals surface area contributed by atoms with E-state index in [0.717, 1.165) is 12.0 Å². The Hall–Kier alpha value is -2.12. The van der Waals surface area contributed by atoms with Crippen molar-refractivity contribution in [3.8, 4) is 5.75 Å². The number of carboxylic acid groups (broad SMARTS) is 2. The topological polar surface area (TPSA) is 147 Å². The summed E-state index contributed by atoms with van der Waals surface area (Å²) < 4.78 is 0. The van der Waals surface area contributed by atoms with Gasteiger partial charge in [-0.05, 0) is 30.0 Å². The van der Waals surface area contributed by atoms with Gasteiger partial charge in [-0.1, -0.05) is 32.4 Å². The average Bonchev–Trinajstić information content (AvgIpc) is 2.48. The van der Waals surface area contributed by atoms with Crippen molar-refractivity contribution in [1.82, 2.24) is 0 Å². The van der Waals surface area contributed by atoms with Gasteiger partial charge in [0.25, 0.3) is 0 Å². The Morgan fingerprint density at radius 1 is 1.09 bits per heavy atom. The number of aromatic hydroxyl groups is 1. The van der Waals surface area contributed by atoms with E-state index in [2.05, 4.69) is 0 Å².